The number of nitrogens with one attached hydrogen (secondary N) is 1. The number of carbonyl (C=O) groups excluding carboxylic acids is 1. The van der Waals surface area contributed by atoms with Crippen molar-refractivity contribution in [1.29, 1.82) is 0 Å². The van der Waals surface area contributed by atoms with E-state index in [-0.39, 0.29) is 11.9 Å². The quantitative estimate of drug-likeness (QED) is 0.378. The van der Waals surface area contributed by atoms with Gasteiger partial charge in [0, 0.05) is 22.8 Å². The smallest absolute Gasteiger partial charge is 0.255 e. The Morgan fingerprint density at radius 3 is 2.53 bits per heavy atom. The lowest BCUT2D eigenvalue weighted by Gasteiger charge is -2.11. The fourth-order valence-corrected chi connectivity index (χ4v) is 5.28. The average Bonchev–Trinajstić information content (AvgIpc) is 3.55. The third-order valence-corrected chi connectivity index (χ3v) is 7.24. The van der Waals surface area contributed by atoms with Gasteiger partial charge in [-0.2, -0.15) is 5.10 Å². The fourth-order valence-electron chi connectivity index (χ4n) is 4.09. The molecular formula is C25H23ClN4OS. The average molecular weight is 463 g/mol. The first-order valence-electron chi connectivity index (χ1n) is 10.8. The Hall–Kier alpha value is -2.96. The molecule has 7 heteroatoms. The lowest BCUT2D eigenvalue weighted by Crippen LogP contribution is -2.32. The van der Waals surface area contributed by atoms with Gasteiger partial charge >= 0.3 is 0 Å². The number of nitrogens with zero attached hydrogens (tertiary/aromatic N) is 3. The summed E-state index contributed by atoms with van der Waals surface area (Å²) in [6.07, 6.45) is 6.23. The molecule has 5 rings (SSSR count). The van der Waals surface area contributed by atoms with Crippen molar-refractivity contribution in [3.8, 4) is 26.8 Å². The van der Waals surface area contributed by atoms with Crippen LogP contribution >= 0.6 is 22.9 Å². The molecule has 5 nitrogen and oxygen atoms in total. The first-order valence-corrected chi connectivity index (χ1v) is 12.0. The van der Waals surface area contributed by atoms with Crippen LogP contribution < -0.4 is 5.32 Å². The zero-order valence-electron chi connectivity index (χ0n) is 17.7. The highest BCUT2D eigenvalue weighted by molar-refractivity contribution is 7.18. The van der Waals surface area contributed by atoms with Crippen LogP contribution in [-0.2, 0) is 0 Å². The summed E-state index contributed by atoms with van der Waals surface area (Å²) in [4.78, 5) is 18.9. The van der Waals surface area contributed by atoms with Crippen LogP contribution in [0.25, 0.3) is 26.8 Å². The van der Waals surface area contributed by atoms with Crippen molar-refractivity contribution in [1.82, 2.24) is 20.1 Å². The second kappa shape index (κ2) is 8.88. The minimum atomic E-state index is -0.0741. The Balaban J connectivity index is 1.57. The minimum absolute atomic E-state index is 0.0741. The lowest BCUT2D eigenvalue weighted by molar-refractivity contribution is 0.0938. The van der Waals surface area contributed by atoms with Gasteiger partial charge in [0.15, 0.2) is 0 Å². The monoisotopic (exact) mass is 462 g/mol. The van der Waals surface area contributed by atoms with E-state index in [4.69, 9.17) is 21.7 Å². The van der Waals surface area contributed by atoms with Crippen molar-refractivity contribution in [3.05, 3.63) is 77.1 Å². The van der Waals surface area contributed by atoms with Gasteiger partial charge in [0.05, 0.1) is 21.8 Å². The number of aryl methyl sites for hydroxylation is 1. The van der Waals surface area contributed by atoms with E-state index in [1.165, 1.54) is 12.8 Å². The van der Waals surface area contributed by atoms with E-state index >= 15 is 0 Å². The van der Waals surface area contributed by atoms with Gasteiger partial charge in [0.1, 0.15) is 10.7 Å². The standard InChI is InChI=1S/C25H23ClN4OS/c1-16-23(32-25(27-16)17-11-13-18(26)14-12-17)22-21(24(31)28-19-7-5-6-8-19)15-30(29-22)20-9-3-2-4-10-20/h2-4,9-15,19H,5-8H2,1H3,(H,28,31). The fraction of sp³-hybridized carbons (Fsp3) is 0.240. The van der Waals surface area contributed by atoms with Gasteiger partial charge in [-0.05, 0) is 44.0 Å². The first kappa shape index (κ1) is 20.9. The van der Waals surface area contributed by atoms with Crippen LogP contribution in [0.15, 0.2) is 60.8 Å². The molecule has 32 heavy (non-hydrogen) atoms. The van der Waals surface area contributed by atoms with E-state index in [1.807, 2.05) is 67.7 Å². The number of hydrogen-bond donors (Lipinski definition) is 1. The molecule has 0 bridgehead atoms. The van der Waals surface area contributed by atoms with Gasteiger partial charge < -0.3 is 5.32 Å². The summed E-state index contributed by atoms with van der Waals surface area (Å²) in [5, 5.41) is 9.61. The van der Waals surface area contributed by atoms with Gasteiger partial charge in [-0.25, -0.2) is 9.67 Å². The summed E-state index contributed by atoms with van der Waals surface area (Å²) in [7, 11) is 0. The summed E-state index contributed by atoms with van der Waals surface area (Å²) in [6, 6.07) is 17.7. The second-order valence-electron chi connectivity index (χ2n) is 8.07. The van der Waals surface area contributed by atoms with E-state index < -0.39 is 0 Å². The lowest BCUT2D eigenvalue weighted by atomic mass is 10.1. The largest absolute Gasteiger partial charge is 0.349 e. The van der Waals surface area contributed by atoms with Gasteiger partial charge in [-0.3, -0.25) is 4.79 Å². The molecule has 2 aromatic carbocycles. The molecule has 162 valence electrons. The molecule has 2 heterocycles. The Kier molecular flexibility index (Phi) is 5.81. The third-order valence-electron chi connectivity index (χ3n) is 5.77. The maximum atomic E-state index is 13.3. The summed E-state index contributed by atoms with van der Waals surface area (Å²) in [6.45, 7) is 1.96. The molecule has 0 spiro atoms. The topological polar surface area (TPSA) is 59.8 Å². The molecule has 0 saturated heterocycles. The first-order chi connectivity index (χ1) is 15.6. The summed E-state index contributed by atoms with van der Waals surface area (Å²) >= 11 is 7.59. The molecule has 1 fully saturated rings. The van der Waals surface area contributed by atoms with Crippen LogP contribution in [-0.4, -0.2) is 26.7 Å². The number of aromatic nitrogens is 3. The van der Waals surface area contributed by atoms with Crippen molar-refractivity contribution in [2.75, 3.05) is 0 Å². The van der Waals surface area contributed by atoms with Crippen molar-refractivity contribution < 1.29 is 4.79 Å². The number of carbonyl (C=O) groups is 1. The maximum Gasteiger partial charge on any atom is 0.255 e. The number of para-hydroxylation sites is 1. The van der Waals surface area contributed by atoms with Crippen LogP contribution in [0.5, 0.6) is 0 Å². The number of halogens is 1. The molecule has 0 atom stereocenters. The van der Waals surface area contributed by atoms with E-state index in [0.717, 1.165) is 39.7 Å². The Bertz CT molecular complexity index is 1240. The highest BCUT2D eigenvalue weighted by Crippen LogP contribution is 2.37. The van der Waals surface area contributed by atoms with Crippen molar-refractivity contribution in [2.24, 2.45) is 0 Å². The highest BCUT2D eigenvalue weighted by Gasteiger charge is 2.25. The van der Waals surface area contributed by atoms with Gasteiger partial charge in [-0.1, -0.05) is 54.8 Å². The van der Waals surface area contributed by atoms with Crippen LogP contribution in [0.1, 0.15) is 41.7 Å². The second-order valence-corrected chi connectivity index (χ2v) is 9.50. The van der Waals surface area contributed by atoms with Crippen LogP contribution in [0.3, 0.4) is 0 Å². The van der Waals surface area contributed by atoms with Crippen molar-refractivity contribution >= 4 is 28.8 Å². The maximum absolute atomic E-state index is 13.3. The zero-order valence-corrected chi connectivity index (χ0v) is 19.3. The summed E-state index contributed by atoms with van der Waals surface area (Å²) < 4.78 is 1.78. The third kappa shape index (κ3) is 4.20. The number of thiazole rings is 1. The molecule has 2 aromatic heterocycles. The predicted molar refractivity (Wildman–Crippen MR) is 130 cm³/mol. The number of benzene rings is 2. The SMILES string of the molecule is Cc1nc(-c2ccc(Cl)cc2)sc1-c1nn(-c2ccccc2)cc1C(=O)NC1CCCC1. The Labute approximate surface area is 196 Å². The van der Waals surface area contributed by atoms with E-state index in [9.17, 15) is 4.79 Å². The molecule has 1 aliphatic rings. The number of rotatable bonds is 5. The van der Waals surface area contributed by atoms with Gasteiger partial charge in [-0.15, -0.1) is 11.3 Å². The minimum Gasteiger partial charge on any atom is -0.349 e. The molecule has 4 aromatic rings. The molecule has 1 N–H and O–H groups in total. The van der Waals surface area contributed by atoms with E-state index in [0.29, 0.717) is 16.3 Å². The highest BCUT2D eigenvalue weighted by atomic mass is 35.5. The van der Waals surface area contributed by atoms with Crippen molar-refractivity contribution in [2.45, 2.75) is 38.6 Å². The molecule has 1 aliphatic carbocycles. The molecule has 0 aliphatic heterocycles. The summed E-state index contributed by atoms with van der Waals surface area (Å²) in [5.41, 5.74) is 4.00. The number of amides is 1. The molecule has 0 radical (unpaired) electrons. The van der Waals surface area contributed by atoms with Gasteiger partial charge in [0.25, 0.3) is 5.91 Å². The van der Waals surface area contributed by atoms with E-state index in [2.05, 4.69) is 5.32 Å². The molecule has 0 unspecified atom stereocenters. The summed E-state index contributed by atoms with van der Waals surface area (Å²) in [5.74, 6) is -0.0741. The van der Waals surface area contributed by atoms with E-state index in [1.54, 1.807) is 16.0 Å². The molecule has 1 amide bonds. The molecule has 1 saturated carbocycles. The Morgan fingerprint density at radius 1 is 1.09 bits per heavy atom. The normalized spacial score (nSPS) is 14.1. The zero-order chi connectivity index (χ0) is 22.1. The van der Waals surface area contributed by atoms with Gasteiger partial charge in [0.2, 0.25) is 0 Å². The van der Waals surface area contributed by atoms with Crippen LogP contribution in [0.2, 0.25) is 5.02 Å². The van der Waals surface area contributed by atoms with Crippen LogP contribution in [0.4, 0.5) is 0 Å². The molecular weight excluding hydrogens is 440 g/mol. The van der Waals surface area contributed by atoms with Crippen LogP contribution in [0, 0.1) is 6.92 Å². The predicted octanol–water partition coefficient (Wildman–Crippen LogP) is 6.30. The number of hydrogen-bond acceptors (Lipinski definition) is 4. The van der Waals surface area contributed by atoms with Crippen molar-refractivity contribution in [3.63, 3.8) is 0 Å². The Morgan fingerprint density at radius 2 is 1.81 bits per heavy atom.